The van der Waals surface area contributed by atoms with Gasteiger partial charge in [-0.3, -0.25) is 9.59 Å². The monoisotopic (exact) mass is 324 g/mol. The van der Waals surface area contributed by atoms with Gasteiger partial charge in [-0.2, -0.15) is 0 Å². The fourth-order valence-corrected chi connectivity index (χ4v) is 2.56. The standard InChI is InChI=1S/C14H17BrN2O2/c1-11(18)12-2-4-13(5-3-12)16-6-8-17(9-7-16)14(19)10-15/h2-5H,6-10H2,1H3. The molecule has 1 aromatic carbocycles. The molecule has 0 aliphatic carbocycles. The van der Waals surface area contributed by atoms with Gasteiger partial charge in [-0.1, -0.05) is 15.9 Å². The maximum atomic E-state index is 11.6. The zero-order valence-corrected chi connectivity index (χ0v) is 12.5. The van der Waals surface area contributed by atoms with Gasteiger partial charge in [-0.05, 0) is 31.2 Å². The van der Waals surface area contributed by atoms with E-state index < -0.39 is 0 Å². The largest absolute Gasteiger partial charge is 0.368 e. The lowest BCUT2D eigenvalue weighted by Gasteiger charge is -2.36. The number of nitrogens with zero attached hydrogens (tertiary/aromatic N) is 2. The highest BCUT2D eigenvalue weighted by Gasteiger charge is 2.20. The number of Topliss-reactive ketones (excluding diaryl/α,β-unsaturated/α-hetero) is 1. The Balaban J connectivity index is 1.97. The molecule has 0 spiro atoms. The average molecular weight is 325 g/mol. The third-order valence-electron chi connectivity index (χ3n) is 3.39. The van der Waals surface area contributed by atoms with E-state index in [4.69, 9.17) is 0 Å². The molecule has 0 N–H and O–H groups in total. The van der Waals surface area contributed by atoms with Crippen LogP contribution in [0.4, 0.5) is 5.69 Å². The van der Waals surface area contributed by atoms with Gasteiger partial charge in [0.05, 0.1) is 5.33 Å². The van der Waals surface area contributed by atoms with Gasteiger partial charge < -0.3 is 9.80 Å². The Kier molecular flexibility index (Phi) is 4.58. The molecule has 0 saturated carbocycles. The van der Waals surface area contributed by atoms with Crippen molar-refractivity contribution in [2.75, 3.05) is 36.4 Å². The molecule has 4 nitrogen and oxygen atoms in total. The van der Waals surface area contributed by atoms with Crippen LogP contribution in [0.15, 0.2) is 24.3 Å². The Morgan fingerprint density at radius 2 is 1.68 bits per heavy atom. The number of ketones is 1. The Labute approximate surface area is 121 Å². The van der Waals surface area contributed by atoms with Gasteiger partial charge in [0.2, 0.25) is 5.91 Å². The second-order valence-electron chi connectivity index (χ2n) is 4.60. The topological polar surface area (TPSA) is 40.6 Å². The normalized spacial score (nSPS) is 15.5. The van der Waals surface area contributed by atoms with E-state index in [1.165, 1.54) is 0 Å². The van der Waals surface area contributed by atoms with Crippen LogP contribution in [-0.4, -0.2) is 48.1 Å². The van der Waals surface area contributed by atoms with Crippen LogP contribution in [0.3, 0.4) is 0 Å². The number of piperazine rings is 1. The van der Waals surface area contributed by atoms with Crippen LogP contribution in [0.25, 0.3) is 0 Å². The van der Waals surface area contributed by atoms with Crippen molar-refractivity contribution >= 4 is 33.3 Å². The summed E-state index contributed by atoms with van der Waals surface area (Å²) in [7, 11) is 0. The summed E-state index contributed by atoms with van der Waals surface area (Å²) in [5.41, 5.74) is 1.84. The summed E-state index contributed by atoms with van der Waals surface area (Å²) in [4.78, 5) is 26.9. The minimum Gasteiger partial charge on any atom is -0.368 e. The lowest BCUT2D eigenvalue weighted by atomic mass is 10.1. The number of halogens is 1. The highest BCUT2D eigenvalue weighted by Crippen LogP contribution is 2.17. The summed E-state index contributed by atoms with van der Waals surface area (Å²) in [5.74, 6) is 0.228. The second-order valence-corrected chi connectivity index (χ2v) is 5.17. The molecule has 102 valence electrons. The lowest BCUT2D eigenvalue weighted by molar-refractivity contribution is -0.128. The minimum atomic E-state index is 0.0827. The molecule has 0 bridgehead atoms. The second kappa shape index (κ2) is 6.19. The number of hydrogen-bond donors (Lipinski definition) is 0. The van der Waals surface area contributed by atoms with Crippen LogP contribution < -0.4 is 4.90 Å². The highest BCUT2D eigenvalue weighted by atomic mass is 79.9. The summed E-state index contributed by atoms with van der Waals surface area (Å²) in [5, 5.41) is 0.389. The molecule has 1 aliphatic heterocycles. The van der Waals surface area contributed by atoms with Gasteiger partial charge in [-0.25, -0.2) is 0 Å². The van der Waals surface area contributed by atoms with E-state index in [1.807, 2.05) is 29.2 Å². The van der Waals surface area contributed by atoms with Gasteiger partial charge in [0.15, 0.2) is 5.78 Å². The lowest BCUT2D eigenvalue weighted by Crippen LogP contribution is -2.49. The van der Waals surface area contributed by atoms with Crippen molar-refractivity contribution in [3.63, 3.8) is 0 Å². The number of rotatable bonds is 3. The van der Waals surface area contributed by atoms with E-state index >= 15 is 0 Å². The summed E-state index contributed by atoms with van der Waals surface area (Å²) >= 11 is 3.20. The fourth-order valence-electron chi connectivity index (χ4n) is 2.21. The van der Waals surface area contributed by atoms with E-state index in [0.29, 0.717) is 5.33 Å². The zero-order valence-electron chi connectivity index (χ0n) is 10.9. The smallest absolute Gasteiger partial charge is 0.233 e. The van der Waals surface area contributed by atoms with E-state index in [9.17, 15) is 9.59 Å². The summed E-state index contributed by atoms with van der Waals surface area (Å²) in [6, 6.07) is 7.65. The van der Waals surface area contributed by atoms with Crippen LogP contribution in [0.2, 0.25) is 0 Å². The van der Waals surface area contributed by atoms with Gasteiger partial charge in [-0.15, -0.1) is 0 Å². The highest BCUT2D eigenvalue weighted by molar-refractivity contribution is 9.09. The van der Waals surface area contributed by atoms with E-state index in [0.717, 1.165) is 37.4 Å². The molecule has 5 heteroatoms. The molecule has 0 atom stereocenters. The van der Waals surface area contributed by atoms with E-state index in [-0.39, 0.29) is 11.7 Å². The van der Waals surface area contributed by atoms with Gasteiger partial charge in [0, 0.05) is 37.4 Å². The van der Waals surface area contributed by atoms with Crippen molar-refractivity contribution < 1.29 is 9.59 Å². The molecule has 0 unspecified atom stereocenters. The average Bonchev–Trinajstić information content (AvgIpc) is 2.46. The predicted molar refractivity (Wildman–Crippen MR) is 79.0 cm³/mol. The summed E-state index contributed by atoms with van der Waals surface area (Å²) in [6.07, 6.45) is 0. The first-order valence-corrected chi connectivity index (χ1v) is 7.43. The summed E-state index contributed by atoms with van der Waals surface area (Å²) in [6.45, 7) is 4.73. The van der Waals surface area contributed by atoms with Crippen molar-refractivity contribution in [3.8, 4) is 0 Å². The van der Waals surface area contributed by atoms with Crippen LogP contribution in [0, 0.1) is 0 Å². The molecule has 2 rings (SSSR count). The van der Waals surface area contributed by atoms with Crippen molar-refractivity contribution in [1.82, 2.24) is 4.90 Å². The van der Waals surface area contributed by atoms with Crippen LogP contribution in [0.5, 0.6) is 0 Å². The number of alkyl halides is 1. The quantitative estimate of drug-likeness (QED) is 0.630. The SMILES string of the molecule is CC(=O)c1ccc(N2CCN(C(=O)CBr)CC2)cc1. The molecule has 0 radical (unpaired) electrons. The first-order valence-electron chi connectivity index (χ1n) is 6.31. The van der Waals surface area contributed by atoms with Gasteiger partial charge in [0.1, 0.15) is 0 Å². The minimum absolute atomic E-state index is 0.0827. The molecule has 1 aliphatic rings. The molecule has 0 aromatic heterocycles. The maximum Gasteiger partial charge on any atom is 0.233 e. The van der Waals surface area contributed by atoms with Crippen molar-refractivity contribution in [3.05, 3.63) is 29.8 Å². The van der Waals surface area contributed by atoms with Crippen molar-refractivity contribution in [2.45, 2.75) is 6.92 Å². The van der Waals surface area contributed by atoms with E-state index in [2.05, 4.69) is 20.8 Å². The van der Waals surface area contributed by atoms with Crippen LogP contribution in [0.1, 0.15) is 17.3 Å². The Morgan fingerprint density at radius 1 is 1.11 bits per heavy atom. The van der Waals surface area contributed by atoms with Gasteiger partial charge >= 0.3 is 0 Å². The molecule has 1 amide bonds. The molecular formula is C14H17BrN2O2. The number of carbonyl (C=O) groups is 2. The molecular weight excluding hydrogens is 308 g/mol. The maximum absolute atomic E-state index is 11.6. The van der Waals surface area contributed by atoms with Crippen molar-refractivity contribution in [1.29, 1.82) is 0 Å². The first kappa shape index (κ1) is 14.1. The number of anilines is 1. The third kappa shape index (κ3) is 3.35. The van der Waals surface area contributed by atoms with Crippen LogP contribution >= 0.6 is 15.9 Å². The van der Waals surface area contributed by atoms with Crippen LogP contribution in [-0.2, 0) is 4.79 Å². The van der Waals surface area contributed by atoms with Gasteiger partial charge in [0.25, 0.3) is 0 Å². The molecule has 1 heterocycles. The predicted octanol–water partition coefficient (Wildman–Crippen LogP) is 1.93. The molecule has 1 saturated heterocycles. The third-order valence-corrected chi connectivity index (χ3v) is 3.87. The zero-order chi connectivity index (χ0) is 13.8. The Hall–Kier alpha value is -1.36. The first-order chi connectivity index (χ1) is 9.11. The number of amides is 1. The number of hydrogen-bond acceptors (Lipinski definition) is 3. The fraction of sp³-hybridized carbons (Fsp3) is 0.429. The Morgan fingerprint density at radius 3 is 2.16 bits per heavy atom. The van der Waals surface area contributed by atoms with Crippen molar-refractivity contribution in [2.24, 2.45) is 0 Å². The number of benzene rings is 1. The molecule has 1 fully saturated rings. The molecule has 19 heavy (non-hydrogen) atoms. The number of carbonyl (C=O) groups excluding carboxylic acids is 2. The Bertz CT molecular complexity index is 465. The van der Waals surface area contributed by atoms with E-state index in [1.54, 1.807) is 6.92 Å². The summed E-state index contributed by atoms with van der Waals surface area (Å²) < 4.78 is 0. The molecule has 1 aromatic rings.